The van der Waals surface area contributed by atoms with Crippen molar-refractivity contribution in [2.24, 2.45) is 0 Å². The zero-order chi connectivity index (χ0) is 18.9. The van der Waals surface area contributed by atoms with Gasteiger partial charge in [-0.1, -0.05) is 59.6 Å². The number of hydrogen-bond donors (Lipinski definition) is 0. The molecule has 24 heavy (non-hydrogen) atoms. The lowest BCUT2D eigenvalue weighted by Gasteiger charge is -2.10. The molecule has 2 aromatic carbocycles. The number of rotatable bonds is 3. The smallest absolute Gasteiger partial charge is 0.346 e. The van der Waals surface area contributed by atoms with Gasteiger partial charge in [-0.2, -0.15) is 4.39 Å². The molecule has 0 aliphatic carbocycles. The summed E-state index contributed by atoms with van der Waals surface area (Å²) in [7, 11) is 0. The van der Waals surface area contributed by atoms with E-state index in [1.807, 2.05) is 27.7 Å². The second-order valence-corrected chi connectivity index (χ2v) is 5.83. The molecule has 2 aromatic rings. The number of nitro groups is 1. The summed E-state index contributed by atoms with van der Waals surface area (Å²) >= 11 is 6.40. The van der Waals surface area contributed by atoms with Crippen molar-refractivity contribution in [2.45, 2.75) is 34.6 Å². The number of ether oxygens (including phenoxy) is 1. The molecule has 0 unspecified atom stereocenters. The molecule has 0 heterocycles. The molecule has 0 saturated carbocycles. The third-order valence-corrected chi connectivity index (χ3v) is 3.48. The number of benzene rings is 2. The monoisotopic (exact) mass is 463 g/mol. The zero-order valence-corrected chi connectivity index (χ0v) is 17.4. The highest BCUT2D eigenvalue weighted by Gasteiger charge is 2.23. The van der Waals surface area contributed by atoms with Gasteiger partial charge in [0.15, 0.2) is 0 Å². The number of hydrogen-bond acceptors (Lipinski definition) is 3. The van der Waals surface area contributed by atoms with Gasteiger partial charge >= 0.3 is 5.69 Å². The first-order valence-corrected chi connectivity index (χ1v) is 9.04. The van der Waals surface area contributed by atoms with E-state index in [4.69, 9.17) is 4.74 Å². The van der Waals surface area contributed by atoms with Crippen LogP contribution in [0.1, 0.15) is 33.3 Å². The fourth-order valence-electron chi connectivity index (χ4n) is 1.64. The Morgan fingerprint density at radius 2 is 1.58 bits per heavy atom. The first kappa shape index (κ1) is 22.5. The van der Waals surface area contributed by atoms with Gasteiger partial charge in [-0.15, -0.1) is 0 Å². The van der Waals surface area contributed by atoms with E-state index in [-0.39, 0.29) is 5.75 Å². The summed E-state index contributed by atoms with van der Waals surface area (Å²) in [5.74, 6) is -0.671. The number of nitro benzene ring substituents is 1. The van der Waals surface area contributed by atoms with Gasteiger partial charge in [0, 0.05) is 15.0 Å². The first-order valence-electron chi connectivity index (χ1n) is 7.46. The van der Waals surface area contributed by atoms with Crippen molar-refractivity contribution in [3.05, 3.63) is 60.8 Å². The SMILES string of the molecule is CC.CC.Cc1cc(Br)ccc1Oc1cc(Br)cc(F)c1[N+](=O)[O-]. The quantitative estimate of drug-likeness (QED) is 0.351. The second-order valence-electron chi connectivity index (χ2n) is 4.00. The molecule has 0 aliphatic heterocycles. The van der Waals surface area contributed by atoms with Crippen LogP contribution in [0.15, 0.2) is 39.3 Å². The molecule has 0 amide bonds. The zero-order valence-electron chi connectivity index (χ0n) is 14.2. The van der Waals surface area contributed by atoms with Gasteiger partial charge in [-0.25, -0.2) is 0 Å². The predicted octanol–water partition coefficient (Wildman–Crippen LogP) is 7.41. The Morgan fingerprint density at radius 1 is 1.00 bits per heavy atom. The van der Waals surface area contributed by atoms with E-state index < -0.39 is 16.4 Å². The maximum absolute atomic E-state index is 13.7. The van der Waals surface area contributed by atoms with Gasteiger partial charge in [-0.3, -0.25) is 10.1 Å². The highest BCUT2D eigenvalue weighted by atomic mass is 79.9. The molecule has 0 radical (unpaired) electrons. The van der Waals surface area contributed by atoms with E-state index in [0.29, 0.717) is 10.2 Å². The molecule has 0 spiro atoms. The van der Waals surface area contributed by atoms with Gasteiger partial charge in [0.1, 0.15) is 5.75 Å². The lowest BCUT2D eigenvalue weighted by atomic mass is 10.2. The van der Waals surface area contributed by atoms with Crippen LogP contribution in [0.25, 0.3) is 0 Å². The average molecular weight is 465 g/mol. The van der Waals surface area contributed by atoms with Crippen molar-refractivity contribution in [3.8, 4) is 11.5 Å². The molecule has 0 aliphatic rings. The lowest BCUT2D eigenvalue weighted by Crippen LogP contribution is -1.98. The molecule has 0 fully saturated rings. The lowest BCUT2D eigenvalue weighted by molar-refractivity contribution is -0.388. The molecule has 4 nitrogen and oxygen atoms in total. The minimum absolute atomic E-state index is 0.146. The summed E-state index contributed by atoms with van der Waals surface area (Å²) in [5.41, 5.74) is 0.0876. The standard InChI is InChI=1S/C13H8Br2FNO3.2C2H6/c1-7-4-8(14)2-3-11(7)20-12-6-9(15)5-10(16)13(12)17(18)19;2*1-2/h2-6H,1H3;2*1-2H3. The molecule has 0 bridgehead atoms. The maximum Gasteiger partial charge on any atom is 0.346 e. The summed E-state index contributed by atoms with van der Waals surface area (Å²) < 4.78 is 20.4. The Hall–Kier alpha value is -1.47. The van der Waals surface area contributed by atoms with E-state index in [1.54, 1.807) is 25.1 Å². The van der Waals surface area contributed by atoms with Crippen LogP contribution in [-0.4, -0.2) is 4.92 Å². The third-order valence-electron chi connectivity index (χ3n) is 2.53. The molecule has 2 rings (SSSR count). The van der Waals surface area contributed by atoms with Crippen molar-refractivity contribution in [2.75, 3.05) is 0 Å². The molecular formula is C17H20Br2FNO3. The number of halogens is 3. The van der Waals surface area contributed by atoms with Crippen LogP contribution < -0.4 is 4.74 Å². The van der Waals surface area contributed by atoms with E-state index in [0.717, 1.165) is 16.1 Å². The van der Waals surface area contributed by atoms with E-state index in [1.165, 1.54) is 6.07 Å². The first-order chi connectivity index (χ1) is 11.4. The van der Waals surface area contributed by atoms with Crippen molar-refractivity contribution >= 4 is 37.5 Å². The van der Waals surface area contributed by atoms with Crippen molar-refractivity contribution in [1.82, 2.24) is 0 Å². The van der Waals surface area contributed by atoms with Crippen LogP contribution in [0, 0.1) is 22.9 Å². The molecule has 0 N–H and O–H groups in total. The topological polar surface area (TPSA) is 52.4 Å². The number of aryl methyl sites for hydroxylation is 1. The van der Waals surface area contributed by atoms with E-state index in [9.17, 15) is 14.5 Å². The molecule has 0 saturated heterocycles. The molecular weight excluding hydrogens is 445 g/mol. The van der Waals surface area contributed by atoms with Crippen molar-refractivity contribution < 1.29 is 14.1 Å². The molecule has 0 atom stereocenters. The van der Waals surface area contributed by atoms with Gasteiger partial charge in [0.2, 0.25) is 11.6 Å². The Kier molecular flexibility index (Phi) is 10.5. The third kappa shape index (κ3) is 6.20. The minimum atomic E-state index is -0.950. The largest absolute Gasteiger partial charge is 0.450 e. The maximum atomic E-state index is 13.7. The van der Waals surface area contributed by atoms with E-state index >= 15 is 0 Å². The summed E-state index contributed by atoms with van der Waals surface area (Å²) in [6.45, 7) is 9.79. The summed E-state index contributed by atoms with van der Waals surface area (Å²) in [4.78, 5) is 10.1. The highest BCUT2D eigenvalue weighted by Crippen LogP contribution is 2.37. The Labute approximate surface area is 158 Å². The van der Waals surface area contributed by atoms with Crippen molar-refractivity contribution in [3.63, 3.8) is 0 Å². The average Bonchev–Trinajstić information content (AvgIpc) is 2.53. The fourth-order valence-corrected chi connectivity index (χ4v) is 2.53. The Balaban J connectivity index is 0.00000123. The van der Waals surface area contributed by atoms with Gasteiger partial charge in [0.05, 0.1) is 4.92 Å². The summed E-state index contributed by atoms with van der Waals surface area (Å²) in [6, 6.07) is 7.59. The summed E-state index contributed by atoms with van der Waals surface area (Å²) in [5, 5.41) is 10.9. The second kappa shape index (κ2) is 11.1. The summed E-state index contributed by atoms with van der Waals surface area (Å²) in [6.07, 6.45) is 0. The van der Waals surface area contributed by atoms with Gasteiger partial charge in [0.25, 0.3) is 0 Å². The van der Waals surface area contributed by atoms with Gasteiger partial charge < -0.3 is 4.74 Å². The predicted molar refractivity (Wildman–Crippen MR) is 102 cm³/mol. The normalized spacial score (nSPS) is 9.17. The van der Waals surface area contributed by atoms with Crippen LogP contribution in [0.2, 0.25) is 0 Å². The fraction of sp³-hybridized carbons (Fsp3) is 0.294. The van der Waals surface area contributed by atoms with Crippen LogP contribution in [0.3, 0.4) is 0 Å². The molecule has 132 valence electrons. The van der Waals surface area contributed by atoms with Crippen LogP contribution >= 0.6 is 31.9 Å². The number of nitrogens with zero attached hydrogens (tertiary/aromatic N) is 1. The molecule has 0 aromatic heterocycles. The minimum Gasteiger partial charge on any atom is -0.450 e. The van der Waals surface area contributed by atoms with Crippen LogP contribution in [-0.2, 0) is 0 Å². The Bertz CT molecular complexity index is 694. The Morgan fingerprint density at radius 3 is 2.08 bits per heavy atom. The highest BCUT2D eigenvalue weighted by molar-refractivity contribution is 9.10. The van der Waals surface area contributed by atoms with E-state index in [2.05, 4.69) is 31.9 Å². The van der Waals surface area contributed by atoms with Crippen molar-refractivity contribution in [1.29, 1.82) is 0 Å². The van der Waals surface area contributed by atoms with Gasteiger partial charge in [-0.05, 0) is 36.8 Å². The molecule has 7 heteroatoms. The van der Waals surface area contributed by atoms with Crippen LogP contribution in [0.4, 0.5) is 10.1 Å². The van der Waals surface area contributed by atoms with Crippen LogP contribution in [0.5, 0.6) is 11.5 Å².